The fourth-order valence-corrected chi connectivity index (χ4v) is 9.76. The van der Waals surface area contributed by atoms with E-state index in [1.165, 1.54) is 33.8 Å². The van der Waals surface area contributed by atoms with E-state index in [9.17, 15) is 30.7 Å². The molecule has 0 aliphatic carbocycles. The number of nitrogens with zero attached hydrogens (tertiary/aromatic N) is 2. The van der Waals surface area contributed by atoms with Crippen LogP contribution < -0.4 is 4.90 Å². The minimum Gasteiger partial charge on any atom is -0.344 e. The summed E-state index contributed by atoms with van der Waals surface area (Å²) >= 11 is 0. The first kappa shape index (κ1) is 40.0. The molecular weight excluding hydrogens is 733 g/mol. The Morgan fingerprint density at radius 1 is 0.764 bits per heavy atom. The molecule has 0 unspecified atom stereocenters. The van der Waals surface area contributed by atoms with Crippen LogP contribution in [0, 0.1) is 0 Å². The molecule has 9 nitrogen and oxygen atoms in total. The summed E-state index contributed by atoms with van der Waals surface area (Å²) < 4.78 is 71.3. The normalized spacial score (nSPS) is 17.5. The molecule has 2 N–H and O–H groups in total. The molecule has 6 rings (SSSR count). The average molecular weight is 782 g/mol. The molecule has 0 aromatic heterocycles. The number of anilines is 1. The molecule has 2 aliphatic heterocycles. The molecule has 0 atom stereocenters. The van der Waals surface area contributed by atoms with Crippen molar-refractivity contribution in [3.8, 4) is 0 Å². The number of likely N-dealkylation sites (N-methyl/N-ethyl adjacent to an activating group) is 1. The van der Waals surface area contributed by atoms with E-state index in [0.717, 1.165) is 43.3 Å². The van der Waals surface area contributed by atoms with Crippen LogP contribution >= 0.6 is 0 Å². The van der Waals surface area contributed by atoms with Crippen LogP contribution in [0.25, 0.3) is 21.5 Å². The maximum absolute atomic E-state index is 12.3. The van der Waals surface area contributed by atoms with E-state index >= 15 is 0 Å². The van der Waals surface area contributed by atoms with Gasteiger partial charge in [-0.2, -0.15) is 21.4 Å². The number of carbonyl (C=O) groups excluding carboxylic acids is 1. The third-order valence-electron chi connectivity index (χ3n) is 10.9. The Bertz CT molecular complexity index is 2590. The molecule has 55 heavy (non-hydrogen) atoms. The fourth-order valence-electron chi connectivity index (χ4n) is 8.42. The molecule has 0 saturated heterocycles. The number of hydrogen-bond acceptors (Lipinski definition) is 6. The minimum absolute atomic E-state index is 0.162. The monoisotopic (exact) mass is 781 g/mol. The first-order valence-corrected chi connectivity index (χ1v) is 21.5. The molecule has 0 saturated carbocycles. The van der Waals surface area contributed by atoms with Crippen molar-refractivity contribution in [2.45, 2.75) is 87.8 Å². The van der Waals surface area contributed by atoms with Crippen LogP contribution in [0.1, 0.15) is 78.4 Å². The van der Waals surface area contributed by atoms with Crippen LogP contribution in [0.5, 0.6) is 0 Å². The number of Topliss-reactive ketones (excluding diaryl/α,β-unsaturated/α-hetero) is 1. The number of fused-ring (bicyclic) bond motifs is 6. The number of carbonyl (C=O) groups is 1. The Kier molecular flexibility index (Phi) is 11.0. The van der Waals surface area contributed by atoms with Crippen molar-refractivity contribution in [1.82, 2.24) is 0 Å². The van der Waals surface area contributed by atoms with Gasteiger partial charge in [0.25, 0.3) is 20.2 Å². The molecule has 4 aromatic rings. The molecule has 0 bridgehead atoms. The summed E-state index contributed by atoms with van der Waals surface area (Å²) in [5.74, 6) is 0.230. The summed E-state index contributed by atoms with van der Waals surface area (Å²) in [5.41, 5.74) is 5.20. The van der Waals surface area contributed by atoms with Crippen molar-refractivity contribution >= 4 is 64.7 Å². The molecule has 2 aliphatic rings. The van der Waals surface area contributed by atoms with E-state index in [2.05, 4.69) is 71.9 Å². The second-order valence-electron chi connectivity index (χ2n) is 15.3. The maximum Gasteiger partial charge on any atom is 0.295 e. The Morgan fingerprint density at radius 2 is 1.47 bits per heavy atom. The lowest BCUT2D eigenvalue weighted by atomic mass is 9.79. The SMILES string of the molecule is CCN1C(=CC=CC=CC=CC2=[N+](CCCCCC(C)=O)c3ccc4ccccc4c3C2(C)C)C(C)(C)c2c1ccc1c(S(=O)(=O)O)cc(S(=O)(=O)O)cc21. The van der Waals surface area contributed by atoms with Gasteiger partial charge in [0.05, 0.1) is 10.3 Å². The molecule has 0 amide bonds. The second-order valence-corrected chi connectivity index (χ2v) is 18.1. The summed E-state index contributed by atoms with van der Waals surface area (Å²) in [6.45, 7) is 13.6. The Morgan fingerprint density at radius 3 is 2.16 bits per heavy atom. The van der Waals surface area contributed by atoms with Gasteiger partial charge >= 0.3 is 0 Å². The van der Waals surface area contributed by atoms with Gasteiger partial charge in [0.15, 0.2) is 5.71 Å². The molecule has 0 radical (unpaired) electrons. The van der Waals surface area contributed by atoms with Crippen molar-refractivity contribution in [2.24, 2.45) is 0 Å². The lowest BCUT2D eigenvalue weighted by Gasteiger charge is -2.26. The van der Waals surface area contributed by atoms with Crippen molar-refractivity contribution in [2.75, 3.05) is 18.0 Å². The fraction of sp³-hybridized carbons (Fsp3) is 0.318. The zero-order valence-corrected chi connectivity index (χ0v) is 33.8. The first-order chi connectivity index (χ1) is 25.9. The van der Waals surface area contributed by atoms with Gasteiger partial charge in [-0.3, -0.25) is 9.11 Å². The lowest BCUT2D eigenvalue weighted by molar-refractivity contribution is -0.438. The Labute approximate surface area is 324 Å². The predicted molar refractivity (Wildman–Crippen MR) is 221 cm³/mol. The summed E-state index contributed by atoms with van der Waals surface area (Å²) in [7, 11) is -9.59. The Balaban J connectivity index is 1.29. The third kappa shape index (κ3) is 7.63. The van der Waals surface area contributed by atoms with Gasteiger partial charge in [0.2, 0.25) is 5.69 Å². The smallest absolute Gasteiger partial charge is 0.295 e. The standard InChI is InChI=1S/C44H48N2O7S2/c1-7-45-36-26-24-34-35(28-32(54(48,49)50)29-38(34)55(51,52)53)42(36)43(3,4)39(45)21-13-9-8-10-14-22-40-44(5,6)41-33-20-16-15-19-31(33)23-25-37(41)46(40)27-17-11-12-18-30(2)47/h8-10,13-16,19-26,28-29H,7,11-12,17-18,27H2,1-6H3,(H-,48,49,50,51,52,53)/p+1. The van der Waals surface area contributed by atoms with Crippen LogP contribution in [0.2, 0.25) is 0 Å². The van der Waals surface area contributed by atoms with Gasteiger partial charge in [-0.05, 0) is 92.6 Å². The van der Waals surface area contributed by atoms with Gasteiger partial charge < -0.3 is 9.69 Å². The van der Waals surface area contributed by atoms with Crippen molar-refractivity contribution in [3.05, 3.63) is 120 Å². The molecule has 0 fully saturated rings. The highest BCUT2D eigenvalue weighted by molar-refractivity contribution is 7.86. The van der Waals surface area contributed by atoms with Gasteiger partial charge in [0, 0.05) is 59.3 Å². The number of unbranched alkanes of at least 4 members (excludes halogenated alkanes) is 2. The molecule has 2 heterocycles. The zero-order chi connectivity index (χ0) is 39.9. The highest BCUT2D eigenvalue weighted by Crippen LogP contribution is 2.51. The number of allylic oxidation sites excluding steroid dienone is 8. The third-order valence-corrected chi connectivity index (χ3v) is 12.6. The molecular formula is C44H49N2O7S2+. The van der Waals surface area contributed by atoms with E-state index in [4.69, 9.17) is 0 Å². The molecule has 4 aromatic carbocycles. The van der Waals surface area contributed by atoms with Crippen LogP contribution in [-0.2, 0) is 35.9 Å². The Hall–Kier alpha value is -4.68. The molecule has 0 spiro atoms. The lowest BCUT2D eigenvalue weighted by Crippen LogP contribution is -2.28. The van der Waals surface area contributed by atoms with Crippen LogP contribution in [0.3, 0.4) is 0 Å². The van der Waals surface area contributed by atoms with Gasteiger partial charge in [0.1, 0.15) is 17.2 Å². The summed E-state index contributed by atoms with van der Waals surface area (Å²) in [5, 5.41) is 2.95. The van der Waals surface area contributed by atoms with Crippen LogP contribution in [-0.4, -0.2) is 55.1 Å². The number of rotatable bonds is 13. The maximum atomic E-state index is 12.3. The van der Waals surface area contributed by atoms with E-state index in [1.807, 2.05) is 51.2 Å². The zero-order valence-electron chi connectivity index (χ0n) is 32.2. The highest BCUT2D eigenvalue weighted by atomic mass is 32.2. The quantitative estimate of drug-likeness (QED) is 0.0594. The number of benzene rings is 4. The second kappa shape index (κ2) is 15.1. The van der Waals surface area contributed by atoms with E-state index < -0.39 is 35.4 Å². The average Bonchev–Trinajstić information content (AvgIpc) is 3.47. The van der Waals surface area contributed by atoms with Gasteiger partial charge in [-0.15, -0.1) is 0 Å². The van der Waals surface area contributed by atoms with Crippen LogP contribution in [0.15, 0.2) is 119 Å². The van der Waals surface area contributed by atoms with Gasteiger partial charge in [-0.1, -0.05) is 74.6 Å². The minimum atomic E-state index is -4.81. The highest BCUT2D eigenvalue weighted by Gasteiger charge is 2.45. The van der Waals surface area contributed by atoms with E-state index in [0.29, 0.717) is 23.9 Å². The van der Waals surface area contributed by atoms with Crippen LogP contribution in [0.4, 0.5) is 11.4 Å². The topological polar surface area (TPSA) is 132 Å². The van der Waals surface area contributed by atoms with Crippen molar-refractivity contribution in [1.29, 1.82) is 0 Å². The molecule has 11 heteroatoms. The number of hydrogen-bond donors (Lipinski definition) is 2. The van der Waals surface area contributed by atoms with E-state index in [1.54, 1.807) is 19.1 Å². The number of ketones is 1. The summed E-state index contributed by atoms with van der Waals surface area (Å²) in [4.78, 5) is 12.4. The molecule has 288 valence electrons. The van der Waals surface area contributed by atoms with Crippen molar-refractivity contribution < 1.29 is 35.3 Å². The van der Waals surface area contributed by atoms with Crippen molar-refractivity contribution in [3.63, 3.8) is 0 Å². The van der Waals surface area contributed by atoms with Gasteiger partial charge in [-0.25, -0.2) is 0 Å². The van der Waals surface area contributed by atoms with E-state index in [-0.39, 0.29) is 16.6 Å². The predicted octanol–water partition coefficient (Wildman–Crippen LogP) is 9.38. The summed E-state index contributed by atoms with van der Waals surface area (Å²) in [6.07, 6.45) is 17.6. The summed E-state index contributed by atoms with van der Waals surface area (Å²) in [6, 6.07) is 18.3. The first-order valence-electron chi connectivity index (χ1n) is 18.6. The largest absolute Gasteiger partial charge is 0.344 e.